The smallest absolute Gasteiger partial charge is 0.178 e. The zero-order chi connectivity index (χ0) is 21.1. The lowest BCUT2D eigenvalue weighted by molar-refractivity contribution is 0.304. The van der Waals surface area contributed by atoms with E-state index < -0.39 is 0 Å². The first-order valence-corrected chi connectivity index (χ1v) is 9.75. The number of phenolic OH excluding ortho intramolecular Hbond substituents is 1. The molecular weight excluding hydrogens is 402 g/mol. The van der Waals surface area contributed by atoms with E-state index in [0.717, 1.165) is 28.1 Å². The van der Waals surface area contributed by atoms with Crippen LogP contribution < -0.4 is 9.47 Å². The molecule has 6 heteroatoms. The Balaban J connectivity index is 1.61. The number of halogens is 1. The average molecular weight is 422 g/mol. The molecule has 1 N–H and O–H groups in total. The molecule has 0 amide bonds. The van der Waals surface area contributed by atoms with Gasteiger partial charge in [-0.1, -0.05) is 47.1 Å². The molecule has 0 aliphatic heterocycles. The molecule has 0 radical (unpaired) electrons. The van der Waals surface area contributed by atoms with Crippen molar-refractivity contribution in [1.29, 1.82) is 0 Å². The maximum atomic E-state index is 10.6. The van der Waals surface area contributed by atoms with Crippen molar-refractivity contribution in [2.45, 2.75) is 13.5 Å². The van der Waals surface area contributed by atoms with Crippen LogP contribution in [0.5, 0.6) is 17.2 Å². The molecule has 0 unspecified atom stereocenters. The van der Waals surface area contributed by atoms with Gasteiger partial charge in [0, 0.05) is 16.7 Å². The minimum Gasteiger partial charge on any atom is -0.507 e. The Hall–Kier alpha value is -3.44. The summed E-state index contributed by atoms with van der Waals surface area (Å²) in [6, 6.07) is 20.2. The fraction of sp³-hybridized carbons (Fsp3) is 0.125. The number of hydrogen-bond acceptors (Lipinski definition) is 5. The van der Waals surface area contributed by atoms with Crippen LogP contribution in [-0.4, -0.2) is 17.4 Å². The fourth-order valence-electron chi connectivity index (χ4n) is 3.22. The van der Waals surface area contributed by atoms with E-state index in [9.17, 15) is 5.11 Å². The van der Waals surface area contributed by atoms with Gasteiger partial charge in [0.25, 0.3) is 0 Å². The van der Waals surface area contributed by atoms with E-state index in [1.807, 2.05) is 55.5 Å². The molecule has 152 valence electrons. The third kappa shape index (κ3) is 3.98. The standard InChI is InChI=1S/C24H20ClNO4/c1-15-23(16-7-9-18(28-2)10-8-16)24(30-26-15)20-12-11-19(13-22(20)27)29-14-17-5-3-4-6-21(17)25/h3-13,27H,14H2,1-2H3. The minimum atomic E-state index is 0.0394. The third-order valence-electron chi connectivity index (χ3n) is 4.81. The van der Waals surface area contributed by atoms with Crippen LogP contribution in [0.25, 0.3) is 22.5 Å². The highest BCUT2D eigenvalue weighted by Crippen LogP contribution is 2.40. The Bertz CT molecular complexity index is 1170. The zero-order valence-corrected chi connectivity index (χ0v) is 17.3. The molecule has 1 heterocycles. The Morgan fingerprint density at radius 1 is 1.00 bits per heavy atom. The normalized spacial score (nSPS) is 10.8. The summed E-state index contributed by atoms with van der Waals surface area (Å²) < 4.78 is 16.6. The molecule has 30 heavy (non-hydrogen) atoms. The minimum absolute atomic E-state index is 0.0394. The summed E-state index contributed by atoms with van der Waals surface area (Å²) in [7, 11) is 1.62. The maximum Gasteiger partial charge on any atom is 0.178 e. The van der Waals surface area contributed by atoms with Crippen LogP contribution >= 0.6 is 11.6 Å². The van der Waals surface area contributed by atoms with Gasteiger partial charge in [0.15, 0.2) is 5.76 Å². The van der Waals surface area contributed by atoms with E-state index in [1.165, 1.54) is 0 Å². The number of benzene rings is 3. The molecule has 3 aromatic carbocycles. The van der Waals surface area contributed by atoms with Gasteiger partial charge in [-0.05, 0) is 42.8 Å². The molecule has 0 bridgehead atoms. The first kappa shape index (κ1) is 19.9. The summed E-state index contributed by atoms with van der Waals surface area (Å²) in [6.07, 6.45) is 0. The lowest BCUT2D eigenvalue weighted by Crippen LogP contribution is -1.96. The number of aryl methyl sites for hydroxylation is 1. The first-order chi connectivity index (χ1) is 14.6. The number of nitrogens with zero attached hydrogens (tertiary/aromatic N) is 1. The molecule has 4 rings (SSSR count). The van der Waals surface area contributed by atoms with Gasteiger partial charge in [0.05, 0.1) is 23.9 Å². The topological polar surface area (TPSA) is 64.7 Å². The fourth-order valence-corrected chi connectivity index (χ4v) is 3.41. The molecule has 5 nitrogen and oxygen atoms in total. The van der Waals surface area contributed by atoms with Crippen molar-refractivity contribution in [2.24, 2.45) is 0 Å². The average Bonchev–Trinajstić information content (AvgIpc) is 3.14. The van der Waals surface area contributed by atoms with Crippen molar-refractivity contribution >= 4 is 11.6 Å². The SMILES string of the molecule is COc1ccc(-c2c(C)noc2-c2ccc(OCc3ccccc3Cl)cc2O)cc1. The summed E-state index contributed by atoms with van der Waals surface area (Å²) in [6.45, 7) is 2.17. The van der Waals surface area contributed by atoms with Crippen LogP contribution in [0.4, 0.5) is 0 Å². The van der Waals surface area contributed by atoms with Gasteiger partial charge in [-0.15, -0.1) is 0 Å². The van der Waals surface area contributed by atoms with Crippen molar-refractivity contribution in [3.05, 3.63) is 83.0 Å². The molecule has 0 aliphatic rings. The predicted octanol–water partition coefficient (Wildman–Crippen LogP) is 6.26. The summed E-state index contributed by atoms with van der Waals surface area (Å²) in [4.78, 5) is 0. The van der Waals surface area contributed by atoms with Crippen molar-refractivity contribution in [2.75, 3.05) is 7.11 Å². The van der Waals surface area contributed by atoms with Crippen LogP contribution in [0.2, 0.25) is 5.02 Å². The number of phenols is 1. The quantitative estimate of drug-likeness (QED) is 0.397. The largest absolute Gasteiger partial charge is 0.507 e. The summed E-state index contributed by atoms with van der Waals surface area (Å²) in [5.41, 5.74) is 3.87. The Labute approximate surface area is 179 Å². The van der Waals surface area contributed by atoms with Crippen LogP contribution in [0, 0.1) is 6.92 Å². The number of hydrogen-bond donors (Lipinski definition) is 1. The van der Waals surface area contributed by atoms with E-state index >= 15 is 0 Å². The first-order valence-electron chi connectivity index (χ1n) is 9.37. The number of aromatic nitrogens is 1. The highest BCUT2D eigenvalue weighted by atomic mass is 35.5. The van der Waals surface area contributed by atoms with E-state index in [0.29, 0.717) is 28.7 Å². The van der Waals surface area contributed by atoms with Crippen LogP contribution in [0.15, 0.2) is 71.3 Å². The van der Waals surface area contributed by atoms with Gasteiger partial charge < -0.3 is 19.1 Å². The monoisotopic (exact) mass is 421 g/mol. The molecule has 0 atom stereocenters. The second-order valence-corrected chi connectivity index (χ2v) is 7.17. The highest BCUT2D eigenvalue weighted by molar-refractivity contribution is 6.31. The number of rotatable bonds is 6. The highest BCUT2D eigenvalue weighted by Gasteiger charge is 2.20. The summed E-state index contributed by atoms with van der Waals surface area (Å²) in [5, 5.41) is 15.4. The maximum absolute atomic E-state index is 10.6. The molecule has 1 aromatic heterocycles. The zero-order valence-electron chi connectivity index (χ0n) is 16.6. The summed E-state index contributed by atoms with van der Waals surface area (Å²) in [5.74, 6) is 1.82. The van der Waals surface area contributed by atoms with Crippen molar-refractivity contribution in [3.8, 4) is 39.7 Å². The molecular formula is C24H20ClNO4. The van der Waals surface area contributed by atoms with Crippen molar-refractivity contribution in [1.82, 2.24) is 5.16 Å². The lowest BCUT2D eigenvalue weighted by atomic mass is 9.99. The molecule has 0 aliphatic carbocycles. The number of aromatic hydroxyl groups is 1. The molecule has 0 saturated heterocycles. The number of ether oxygens (including phenoxy) is 2. The van der Waals surface area contributed by atoms with Gasteiger partial charge in [-0.25, -0.2) is 0 Å². The van der Waals surface area contributed by atoms with E-state index in [2.05, 4.69) is 5.16 Å². The Morgan fingerprint density at radius 3 is 2.43 bits per heavy atom. The third-order valence-corrected chi connectivity index (χ3v) is 5.18. The molecule has 0 spiro atoms. The van der Waals surface area contributed by atoms with E-state index in [-0.39, 0.29) is 5.75 Å². The van der Waals surface area contributed by atoms with E-state index in [1.54, 1.807) is 25.3 Å². The second kappa shape index (κ2) is 8.51. The lowest BCUT2D eigenvalue weighted by Gasteiger charge is -2.10. The van der Waals surface area contributed by atoms with Gasteiger partial charge in [0.1, 0.15) is 23.9 Å². The van der Waals surface area contributed by atoms with Gasteiger partial charge >= 0.3 is 0 Å². The summed E-state index contributed by atoms with van der Waals surface area (Å²) >= 11 is 6.17. The van der Waals surface area contributed by atoms with Gasteiger partial charge in [0.2, 0.25) is 0 Å². The van der Waals surface area contributed by atoms with Crippen molar-refractivity contribution in [3.63, 3.8) is 0 Å². The second-order valence-electron chi connectivity index (χ2n) is 6.76. The molecule has 0 saturated carbocycles. The predicted molar refractivity (Wildman–Crippen MR) is 116 cm³/mol. The van der Waals surface area contributed by atoms with Crippen LogP contribution in [0.1, 0.15) is 11.3 Å². The Kier molecular flexibility index (Phi) is 5.63. The van der Waals surface area contributed by atoms with Crippen LogP contribution in [0.3, 0.4) is 0 Å². The molecule has 0 fully saturated rings. The van der Waals surface area contributed by atoms with E-state index in [4.69, 9.17) is 25.6 Å². The van der Waals surface area contributed by atoms with Crippen molar-refractivity contribution < 1.29 is 19.1 Å². The van der Waals surface area contributed by atoms with Gasteiger partial charge in [-0.3, -0.25) is 0 Å². The Morgan fingerprint density at radius 2 is 1.73 bits per heavy atom. The number of methoxy groups -OCH3 is 1. The van der Waals surface area contributed by atoms with Crippen LogP contribution in [-0.2, 0) is 6.61 Å². The van der Waals surface area contributed by atoms with Gasteiger partial charge in [-0.2, -0.15) is 0 Å². The molecule has 4 aromatic rings.